The van der Waals surface area contributed by atoms with Gasteiger partial charge in [0.25, 0.3) is 15.9 Å². The van der Waals surface area contributed by atoms with Gasteiger partial charge in [0, 0.05) is 6.08 Å². The van der Waals surface area contributed by atoms with Crippen LogP contribution in [0.4, 0.5) is 0 Å². The zero-order valence-electron chi connectivity index (χ0n) is 21.1. The number of amides is 1. The highest BCUT2D eigenvalue weighted by Gasteiger charge is 2.42. The molecule has 8 nitrogen and oxygen atoms in total. The first-order valence-corrected chi connectivity index (χ1v) is 11.9. The Balaban J connectivity index is 3.67. The molecule has 0 aliphatic rings. The number of ether oxygens (including phenoxy) is 2. The Morgan fingerprint density at radius 1 is 0.818 bits per heavy atom. The first kappa shape index (κ1) is 28.4. The molecule has 0 saturated carbocycles. The normalized spacial score (nSPS) is 13.3. The van der Waals surface area contributed by atoms with Crippen molar-refractivity contribution in [2.75, 3.05) is 0 Å². The van der Waals surface area contributed by atoms with Gasteiger partial charge in [-0.2, -0.15) is 0 Å². The van der Waals surface area contributed by atoms with Gasteiger partial charge in [0.2, 0.25) is 0 Å². The average molecular weight is 482 g/mol. The second-order valence-electron chi connectivity index (χ2n) is 10.7. The zero-order chi connectivity index (χ0) is 26.0. The molecule has 0 aromatic heterocycles. The number of nitrogens with zero attached hydrogens (tertiary/aromatic N) is 1. The fraction of sp³-hybridized carbons (Fsp3) is 0.542. The number of aryl methyl sites for hydroxylation is 1. The van der Waals surface area contributed by atoms with Crippen LogP contribution in [0.2, 0.25) is 0 Å². The molecule has 184 valence electrons. The van der Waals surface area contributed by atoms with Gasteiger partial charge in [0.05, 0.1) is 10.4 Å². The van der Waals surface area contributed by atoms with Gasteiger partial charge in [-0.05, 0) is 81.4 Å². The Morgan fingerprint density at radius 3 is 1.67 bits per heavy atom. The molecule has 1 rings (SSSR count). The van der Waals surface area contributed by atoms with Gasteiger partial charge in [0.15, 0.2) is 0 Å². The van der Waals surface area contributed by atoms with Crippen LogP contribution in [0, 0.1) is 6.92 Å². The third-order valence-corrected chi connectivity index (χ3v) is 5.93. The van der Waals surface area contributed by atoms with Crippen LogP contribution in [0.3, 0.4) is 0 Å². The van der Waals surface area contributed by atoms with Crippen molar-refractivity contribution < 1.29 is 32.3 Å². The van der Waals surface area contributed by atoms with E-state index in [-0.39, 0.29) is 4.90 Å². The highest BCUT2D eigenvalue weighted by Crippen LogP contribution is 2.28. The number of esters is 2. The molecule has 0 unspecified atom stereocenters. The summed E-state index contributed by atoms with van der Waals surface area (Å²) in [6.45, 7) is 16.0. The lowest BCUT2D eigenvalue weighted by molar-refractivity contribution is -0.154. The van der Waals surface area contributed by atoms with E-state index >= 15 is 0 Å². The molecule has 0 atom stereocenters. The van der Waals surface area contributed by atoms with E-state index in [0.29, 0.717) is 10.4 Å². The minimum Gasteiger partial charge on any atom is -0.457 e. The summed E-state index contributed by atoms with van der Waals surface area (Å²) in [4.78, 5) is 38.8. The third-order valence-electron chi connectivity index (χ3n) is 3.87. The zero-order valence-corrected chi connectivity index (χ0v) is 21.9. The summed E-state index contributed by atoms with van der Waals surface area (Å²) in [6.07, 6.45) is 0.686. The molecule has 33 heavy (non-hydrogen) atoms. The monoisotopic (exact) mass is 481 g/mol. The molecular weight excluding hydrogens is 446 g/mol. The van der Waals surface area contributed by atoms with Crippen LogP contribution < -0.4 is 0 Å². The predicted molar refractivity (Wildman–Crippen MR) is 125 cm³/mol. The highest BCUT2D eigenvalue weighted by molar-refractivity contribution is 7.89. The number of carbonyl (C=O) groups excluding carboxylic acids is 3. The van der Waals surface area contributed by atoms with Gasteiger partial charge in [-0.3, -0.25) is 4.79 Å². The summed E-state index contributed by atoms with van der Waals surface area (Å²) in [5.41, 5.74) is -3.07. The van der Waals surface area contributed by atoms with Crippen molar-refractivity contribution in [2.24, 2.45) is 0 Å². The van der Waals surface area contributed by atoms with Crippen molar-refractivity contribution in [3.63, 3.8) is 0 Å². The number of carbonyl (C=O) groups is 3. The van der Waals surface area contributed by atoms with E-state index in [1.54, 1.807) is 60.6 Å². The van der Waals surface area contributed by atoms with E-state index < -0.39 is 50.2 Å². The molecule has 9 heteroatoms. The van der Waals surface area contributed by atoms with E-state index in [4.69, 9.17) is 9.47 Å². The van der Waals surface area contributed by atoms with Crippen molar-refractivity contribution in [1.82, 2.24) is 4.31 Å². The van der Waals surface area contributed by atoms with Crippen molar-refractivity contribution in [3.8, 4) is 0 Å². The molecule has 1 aromatic rings. The summed E-state index contributed by atoms with van der Waals surface area (Å²) in [5.74, 6) is -3.30. The van der Waals surface area contributed by atoms with Gasteiger partial charge in [-0.15, -0.1) is 0 Å². The van der Waals surface area contributed by atoms with Crippen LogP contribution in [0.5, 0.6) is 0 Å². The number of hydrogen-bond acceptors (Lipinski definition) is 7. The molecule has 0 fully saturated rings. The molecule has 0 aliphatic carbocycles. The summed E-state index contributed by atoms with van der Waals surface area (Å²) < 4.78 is 38.0. The number of rotatable bonds is 5. The Labute approximate surface area is 197 Å². The summed E-state index contributed by atoms with van der Waals surface area (Å²) >= 11 is 0. The topological polar surface area (TPSA) is 107 Å². The van der Waals surface area contributed by atoms with Gasteiger partial charge in [-0.25, -0.2) is 22.3 Å². The molecule has 0 heterocycles. The minimum absolute atomic E-state index is 0.128. The molecule has 0 spiro atoms. The number of benzene rings is 1. The molecule has 0 bridgehead atoms. The number of hydrogen-bond donors (Lipinski definition) is 0. The number of sulfonamides is 1. The van der Waals surface area contributed by atoms with Gasteiger partial charge < -0.3 is 9.47 Å². The largest absolute Gasteiger partial charge is 0.457 e. The standard InChI is InChI=1S/C24H35NO7S/c1-16-11-13-17(14-12-16)33(29,30)25(22(2,3)4)20(27)18(21(28)32-24(8,9)10)15-19(26)31-23(5,6)7/h11-15H,1-10H3/b18-15-. The molecule has 0 aliphatic heterocycles. The molecule has 1 aromatic carbocycles. The van der Waals surface area contributed by atoms with Gasteiger partial charge in [0.1, 0.15) is 16.8 Å². The lowest BCUT2D eigenvalue weighted by Gasteiger charge is -2.35. The van der Waals surface area contributed by atoms with Gasteiger partial charge in [-0.1, -0.05) is 17.7 Å². The first-order chi connectivity index (χ1) is 14.6. The Morgan fingerprint density at radius 2 is 1.27 bits per heavy atom. The van der Waals surface area contributed by atoms with E-state index in [1.165, 1.54) is 32.9 Å². The fourth-order valence-electron chi connectivity index (χ4n) is 2.69. The third kappa shape index (κ3) is 8.31. The Kier molecular flexibility index (Phi) is 8.31. The average Bonchev–Trinajstić information content (AvgIpc) is 2.55. The maximum absolute atomic E-state index is 13.6. The summed E-state index contributed by atoms with van der Waals surface area (Å²) in [6, 6.07) is 5.95. The van der Waals surface area contributed by atoms with Crippen molar-refractivity contribution in [3.05, 3.63) is 41.5 Å². The first-order valence-electron chi connectivity index (χ1n) is 10.5. The fourth-order valence-corrected chi connectivity index (χ4v) is 4.42. The summed E-state index contributed by atoms with van der Waals surface area (Å²) in [5, 5.41) is 0. The maximum atomic E-state index is 13.6. The highest BCUT2D eigenvalue weighted by atomic mass is 32.2. The van der Waals surface area contributed by atoms with Crippen molar-refractivity contribution in [2.45, 2.75) is 90.9 Å². The van der Waals surface area contributed by atoms with Crippen LogP contribution in [-0.4, -0.2) is 47.3 Å². The Bertz CT molecular complexity index is 1030. The van der Waals surface area contributed by atoms with E-state index in [2.05, 4.69) is 0 Å². The van der Waals surface area contributed by atoms with Crippen LogP contribution in [-0.2, 0) is 33.9 Å². The molecule has 1 amide bonds. The minimum atomic E-state index is -4.38. The lowest BCUT2D eigenvalue weighted by atomic mass is 10.1. The van der Waals surface area contributed by atoms with Crippen molar-refractivity contribution in [1.29, 1.82) is 0 Å². The predicted octanol–water partition coefficient (Wildman–Crippen LogP) is 3.92. The van der Waals surface area contributed by atoms with Crippen LogP contribution >= 0.6 is 0 Å². The second kappa shape index (κ2) is 9.67. The molecule has 0 radical (unpaired) electrons. The molecule has 0 N–H and O–H groups in total. The van der Waals surface area contributed by atoms with E-state index in [0.717, 1.165) is 5.56 Å². The van der Waals surface area contributed by atoms with Crippen LogP contribution in [0.15, 0.2) is 40.8 Å². The maximum Gasteiger partial charge on any atom is 0.344 e. The lowest BCUT2D eigenvalue weighted by Crippen LogP contribution is -2.51. The van der Waals surface area contributed by atoms with E-state index in [1.807, 2.05) is 0 Å². The Hall–Kier alpha value is -2.68. The van der Waals surface area contributed by atoms with Crippen LogP contribution in [0.1, 0.15) is 67.9 Å². The van der Waals surface area contributed by atoms with Gasteiger partial charge >= 0.3 is 11.9 Å². The quantitative estimate of drug-likeness (QED) is 0.271. The smallest absolute Gasteiger partial charge is 0.344 e. The van der Waals surface area contributed by atoms with Crippen LogP contribution in [0.25, 0.3) is 0 Å². The molecular formula is C24H35NO7S. The molecule has 0 saturated heterocycles. The summed E-state index contributed by atoms with van der Waals surface area (Å²) in [7, 11) is -4.38. The van der Waals surface area contributed by atoms with Crippen molar-refractivity contribution >= 4 is 27.9 Å². The SMILES string of the molecule is Cc1ccc(S(=O)(=O)N(C(=O)/C(=C/C(=O)OC(C)(C)C)C(=O)OC(C)(C)C)C(C)(C)C)cc1. The van der Waals surface area contributed by atoms with E-state index in [9.17, 15) is 22.8 Å². The second-order valence-corrected chi connectivity index (χ2v) is 12.4.